The summed E-state index contributed by atoms with van der Waals surface area (Å²) in [6.07, 6.45) is -0.885. The van der Waals surface area contributed by atoms with E-state index in [1.54, 1.807) is 49.6 Å². The number of hydrogen-bond donors (Lipinski definition) is 0. The molecule has 0 aliphatic carbocycles. The monoisotopic (exact) mass is 466 g/mol. The number of rotatable bonds is 4. The van der Waals surface area contributed by atoms with Gasteiger partial charge in [-0.25, -0.2) is 9.79 Å². The van der Waals surface area contributed by atoms with Gasteiger partial charge in [-0.1, -0.05) is 64.8 Å². The standard InChI is InChI=1S/C24H16Cl2N2O4/c1-30-16-12-10-14(11-13-16)21-24(20(28-32-21)19-17(25)8-5-9-18(19)26)23(29)31-22(27-24)15-6-3-2-4-7-15/h2-13,21H,1H3/t21-,24-/m0/s1. The SMILES string of the molecule is COc1ccc([C@@H]2ON=C(c3c(Cl)cccc3Cl)[C@]23N=C(c2ccccc2)OC3=O)cc1. The highest BCUT2D eigenvalue weighted by atomic mass is 35.5. The molecule has 2 aliphatic rings. The van der Waals surface area contributed by atoms with Crippen LogP contribution in [0.5, 0.6) is 5.75 Å². The van der Waals surface area contributed by atoms with Crippen molar-refractivity contribution in [3.63, 3.8) is 0 Å². The molecule has 0 saturated carbocycles. The fraction of sp³-hybridized carbons (Fsp3) is 0.125. The van der Waals surface area contributed by atoms with Crippen LogP contribution in [-0.4, -0.2) is 30.2 Å². The zero-order valence-electron chi connectivity index (χ0n) is 16.8. The summed E-state index contributed by atoms with van der Waals surface area (Å²) < 4.78 is 10.9. The molecule has 0 aromatic heterocycles. The van der Waals surface area contributed by atoms with Crippen molar-refractivity contribution in [3.05, 3.63) is 99.5 Å². The van der Waals surface area contributed by atoms with Gasteiger partial charge in [0.25, 0.3) is 5.54 Å². The summed E-state index contributed by atoms with van der Waals surface area (Å²) in [7, 11) is 1.58. The zero-order chi connectivity index (χ0) is 22.3. The van der Waals surface area contributed by atoms with Crippen molar-refractivity contribution < 1.29 is 19.1 Å². The molecule has 2 aliphatic heterocycles. The van der Waals surface area contributed by atoms with Gasteiger partial charge >= 0.3 is 5.97 Å². The van der Waals surface area contributed by atoms with Gasteiger partial charge in [-0.2, -0.15) is 0 Å². The Balaban J connectivity index is 1.70. The Morgan fingerprint density at radius 3 is 2.28 bits per heavy atom. The molecule has 1 spiro atoms. The van der Waals surface area contributed by atoms with Crippen LogP contribution in [0.1, 0.15) is 22.8 Å². The van der Waals surface area contributed by atoms with Gasteiger partial charge in [0.2, 0.25) is 5.90 Å². The largest absolute Gasteiger partial charge is 0.497 e. The number of ether oxygens (including phenoxy) is 2. The lowest BCUT2D eigenvalue weighted by atomic mass is 9.81. The van der Waals surface area contributed by atoms with Crippen molar-refractivity contribution in [2.45, 2.75) is 11.6 Å². The number of hydrogen-bond acceptors (Lipinski definition) is 6. The van der Waals surface area contributed by atoms with Gasteiger partial charge in [-0.15, -0.1) is 0 Å². The van der Waals surface area contributed by atoms with Crippen molar-refractivity contribution in [1.82, 2.24) is 0 Å². The molecule has 0 radical (unpaired) electrons. The zero-order valence-corrected chi connectivity index (χ0v) is 18.3. The second kappa shape index (κ2) is 7.97. The Bertz CT molecular complexity index is 1240. The Morgan fingerprint density at radius 2 is 1.62 bits per heavy atom. The number of halogens is 2. The van der Waals surface area contributed by atoms with Gasteiger partial charge < -0.3 is 14.3 Å². The molecule has 8 heteroatoms. The lowest BCUT2D eigenvalue weighted by molar-refractivity contribution is -0.139. The molecular formula is C24H16Cl2N2O4. The van der Waals surface area contributed by atoms with Crippen molar-refractivity contribution in [2.75, 3.05) is 7.11 Å². The van der Waals surface area contributed by atoms with E-state index in [0.29, 0.717) is 32.5 Å². The van der Waals surface area contributed by atoms with Gasteiger partial charge in [0.05, 0.1) is 17.2 Å². The molecule has 0 saturated heterocycles. The maximum Gasteiger partial charge on any atom is 0.351 e. The summed E-state index contributed by atoms with van der Waals surface area (Å²) in [5.41, 5.74) is 0.283. The molecular weight excluding hydrogens is 451 g/mol. The van der Waals surface area contributed by atoms with Crippen LogP contribution in [0.3, 0.4) is 0 Å². The molecule has 2 heterocycles. The Labute approximate surface area is 194 Å². The number of benzene rings is 3. The third kappa shape index (κ3) is 3.15. The highest BCUT2D eigenvalue weighted by molar-refractivity contribution is 6.42. The predicted molar refractivity (Wildman–Crippen MR) is 122 cm³/mol. The predicted octanol–water partition coefficient (Wildman–Crippen LogP) is 5.22. The van der Waals surface area contributed by atoms with Gasteiger partial charge in [0.15, 0.2) is 6.10 Å². The number of esters is 1. The summed E-state index contributed by atoms with van der Waals surface area (Å²) in [6.45, 7) is 0. The Hall–Kier alpha value is -3.35. The first-order valence-electron chi connectivity index (χ1n) is 9.75. The minimum Gasteiger partial charge on any atom is -0.497 e. The smallest absolute Gasteiger partial charge is 0.351 e. The number of oxime groups is 1. The molecule has 0 bridgehead atoms. The van der Waals surface area contributed by atoms with Gasteiger partial charge in [0.1, 0.15) is 11.5 Å². The normalized spacial score (nSPS) is 21.7. The molecule has 2 atom stereocenters. The van der Waals surface area contributed by atoms with E-state index >= 15 is 0 Å². The van der Waals surface area contributed by atoms with Crippen LogP contribution in [0, 0.1) is 0 Å². The Kier molecular flexibility index (Phi) is 5.12. The second-order valence-corrected chi connectivity index (χ2v) is 8.05. The maximum atomic E-state index is 13.5. The Morgan fingerprint density at radius 1 is 0.938 bits per heavy atom. The van der Waals surface area contributed by atoms with Crippen molar-refractivity contribution >= 4 is 40.8 Å². The molecule has 3 aromatic carbocycles. The van der Waals surface area contributed by atoms with E-state index in [2.05, 4.69) is 5.16 Å². The number of methoxy groups -OCH3 is 1. The number of nitrogens with zero attached hydrogens (tertiary/aromatic N) is 2. The molecule has 0 N–H and O–H groups in total. The summed E-state index contributed by atoms with van der Waals surface area (Å²) in [5, 5.41) is 4.90. The van der Waals surface area contributed by atoms with E-state index in [0.717, 1.165) is 0 Å². The van der Waals surface area contributed by atoms with E-state index in [1.165, 1.54) is 0 Å². The van der Waals surface area contributed by atoms with Crippen LogP contribution < -0.4 is 4.74 Å². The van der Waals surface area contributed by atoms with Gasteiger partial charge in [-0.3, -0.25) is 0 Å². The summed E-state index contributed by atoms with van der Waals surface area (Å²) in [5.74, 6) is 0.221. The highest BCUT2D eigenvalue weighted by Crippen LogP contribution is 2.47. The average Bonchev–Trinajstić information content (AvgIpc) is 3.36. The summed E-state index contributed by atoms with van der Waals surface area (Å²) >= 11 is 12.9. The molecule has 32 heavy (non-hydrogen) atoms. The second-order valence-electron chi connectivity index (χ2n) is 7.23. The van der Waals surface area contributed by atoms with Crippen LogP contribution in [0.4, 0.5) is 0 Å². The van der Waals surface area contributed by atoms with E-state index < -0.39 is 17.6 Å². The molecule has 160 valence electrons. The van der Waals surface area contributed by atoms with Crippen LogP contribution >= 0.6 is 23.2 Å². The summed E-state index contributed by atoms with van der Waals surface area (Å²) in [4.78, 5) is 24.0. The average molecular weight is 467 g/mol. The first-order chi connectivity index (χ1) is 15.5. The van der Waals surface area contributed by atoms with Crippen LogP contribution in [-0.2, 0) is 14.4 Å². The van der Waals surface area contributed by atoms with Crippen LogP contribution in [0.15, 0.2) is 82.9 Å². The number of aliphatic imine (C=N–C) groups is 1. The van der Waals surface area contributed by atoms with Crippen molar-refractivity contribution in [3.8, 4) is 5.75 Å². The molecule has 5 rings (SSSR count). The quantitative estimate of drug-likeness (QED) is 0.494. The molecule has 6 nitrogen and oxygen atoms in total. The van der Waals surface area contributed by atoms with Crippen molar-refractivity contribution in [2.24, 2.45) is 10.1 Å². The van der Waals surface area contributed by atoms with E-state index in [1.807, 2.05) is 30.3 Å². The fourth-order valence-corrected chi connectivity index (χ4v) is 4.41. The van der Waals surface area contributed by atoms with E-state index in [9.17, 15) is 4.79 Å². The highest BCUT2D eigenvalue weighted by Gasteiger charge is 2.63. The van der Waals surface area contributed by atoms with Gasteiger partial charge in [0, 0.05) is 11.1 Å². The number of carbonyl (C=O) groups is 1. The number of carbonyl (C=O) groups excluding carboxylic acids is 1. The minimum atomic E-state index is -1.62. The first kappa shape index (κ1) is 20.5. The third-order valence-electron chi connectivity index (χ3n) is 5.41. The fourth-order valence-electron chi connectivity index (χ4n) is 3.83. The lowest BCUT2D eigenvalue weighted by Crippen LogP contribution is -2.45. The molecule has 0 fully saturated rings. The van der Waals surface area contributed by atoms with Crippen molar-refractivity contribution in [1.29, 1.82) is 0 Å². The van der Waals surface area contributed by atoms with Crippen LogP contribution in [0.25, 0.3) is 0 Å². The number of cyclic esters (lactones) is 1. The van der Waals surface area contributed by atoms with Crippen LogP contribution in [0.2, 0.25) is 10.0 Å². The van der Waals surface area contributed by atoms with Gasteiger partial charge in [-0.05, 0) is 42.0 Å². The topological polar surface area (TPSA) is 69.5 Å². The molecule has 0 amide bonds. The lowest BCUT2D eigenvalue weighted by Gasteiger charge is -2.24. The molecule has 0 unspecified atom stereocenters. The van der Waals surface area contributed by atoms with E-state index in [4.69, 9.17) is 42.5 Å². The third-order valence-corrected chi connectivity index (χ3v) is 6.04. The van der Waals surface area contributed by atoms with E-state index in [-0.39, 0.29) is 11.6 Å². The maximum absolute atomic E-state index is 13.5. The molecule has 3 aromatic rings. The minimum absolute atomic E-state index is 0.176. The summed E-state index contributed by atoms with van der Waals surface area (Å²) in [6, 6.07) is 21.3. The first-order valence-corrected chi connectivity index (χ1v) is 10.5.